The molecule has 0 saturated heterocycles. The average Bonchev–Trinajstić information content (AvgIpc) is 2.92. The van der Waals surface area contributed by atoms with Crippen LogP contribution in [-0.2, 0) is 19.5 Å². The van der Waals surface area contributed by atoms with Crippen LogP contribution in [0.3, 0.4) is 0 Å². The Morgan fingerprint density at radius 2 is 1.09 bits per heavy atom. The van der Waals surface area contributed by atoms with E-state index in [2.05, 4.69) is 126 Å². The number of benzene rings is 4. The van der Waals surface area contributed by atoms with Gasteiger partial charge in [-0.05, 0) is 47.1 Å². The standard InChI is InChI=1S/C33H35NO/c35-33(23-21-28-13-5-1-6-14-28)24-22-32(31-19-11-4-12-20-31)27-34(25-29-15-7-2-8-16-29)26-30-17-9-3-10-18-30/h1-20,22,33,35H,21,23-27H2/b32-22+. The van der Waals surface area contributed by atoms with Crippen molar-refractivity contribution in [3.05, 3.63) is 150 Å². The minimum absolute atomic E-state index is 0.356. The normalized spacial score (nSPS) is 12.6. The summed E-state index contributed by atoms with van der Waals surface area (Å²) in [6.45, 7) is 2.56. The van der Waals surface area contributed by atoms with Crippen molar-refractivity contribution in [2.75, 3.05) is 6.54 Å². The highest BCUT2D eigenvalue weighted by molar-refractivity contribution is 5.67. The molecular weight excluding hydrogens is 426 g/mol. The molecule has 1 atom stereocenters. The Balaban J connectivity index is 1.50. The fraction of sp³-hybridized carbons (Fsp3) is 0.212. The lowest BCUT2D eigenvalue weighted by molar-refractivity contribution is 0.168. The predicted molar refractivity (Wildman–Crippen MR) is 147 cm³/mol. The van der Waals surface area contributed by atoms with Crippen molar-refractivity contribution < 1.29 is 5.11 Å². The van der Waals surface area contributed by atoms with Crippen molar-refractivity contribution in [3.8, 4) is 0 Å². The second-order valence-electron chi connectivity index (χ2n) is 9.13. The van der Waals surface area contributed by atoms with Gasteiger partial charge in [0.25, 0.3) is 0 Å². The molecule has 0 aromatic heterocycles. The summed E-state index contributed by atoms with van der Waals surface area (Å²) in [6, 6.07) is 42.3. The summed E-state index contributed by atoms with van der Waals surface area (Å²) < 4.78 is 0. The third-order valence-corrected chi connectivity index (χ3v) is 6.28. The number of aryl methyl sites for hydroxylation is 1. The van der Waals surface area contributed by atoms with E-state index in [0.717, 1.165) is 32.5 Å². The SMILES string of the molecule is OC(C/C=C(\CN(Cc1ccccc1)Cc1ccccc1)c1ccccc1)CCc1ccccc1. The van der Waals surface area contributed by atoms with Crippen molar-refractivity contribution in [2.45, 2.75) is 38.5 Å². The second-order valence-corrected chi connectivity index (χ2v) is 9.13. The molecule has 0 heterocycles. The van der Waals surface area contributed by atoms with Crippen molar-refractivity contribution >= 4 is 5.57 Å². The maximum Gasteiger partial charge on any atom is 0.0578 e. The van der Waals surface area contributed by atoms with Crippen LogP contribution in [0.4, 0.5) is 0 Å². The molecule has 0 saturated carbocycles. The molecule has 0 aliphatic rings. The number of rotatable bonds is 12. The van der Waals surface area contributed by atoms with Crippen LogP contribution < -0.4 is 0 Å². The third-order valence-electron chi connectivity index (χ3n) is 6.28. The summed E-state index contributed by atoms with van der Waals surface area (Å²) in [4.78, 5) is 2.49. The van der Waals surface area contributed by atoms with Gasteiger partial charge in [-0.15, -0.1) is 0 Å². The second kappa shape index (κ2) is 13.4. The minimum atomic E-state index is -0.356. The Bertz CT molecular complexity index is 1100. The van der Waals surface area contributed by atoms with E-state index in [-0.39, 0.29) is 6.10 Å². The van der Waals surface area contributed by atoms with E-state index < -0.39 is 0 Å². The highest BCUT2D eigenvalue weighted by atomic mass is 16.3. The molecular formula is C33H35NO. The van der Waals surface area contributed by atoms with E-state index in [4.69, 9.17) is 0 Å². The first-order valence-electron chi connectivity index (χ1n) is 12.5. The first kappa shape index (κ1) is 24.7. The molecule has 0 radical (unpaired) electrons. The fourth-order valence-corrected chi connectivity index (χ4v) is 4.39. The first-order chi connectivity index (χ1) is 17.3. The van der Waals surface area contributed by atoms with Gasteiger partial charge in [0.1, 0.15) is 0 Å². The lowest BCUT2D eigenvalue weighted by atomic mass is 10.00. The van der Waals surface area contributed by atoms with Crippen LogP contribution in [0.5, 0.6) is 0 Å². The molecule has 0 fully saturated rings. The van der Waals surface area contributed by atoms with E-state index in [1.807, 2.05) is 6.07 Å². The zero-order valence-electron chi connectivity index (χ0n) is 20.3. The van der Waals surface area contributed by atoms with Gasteiger partial charge in [0.15, 0.2) is 0 Å². The van der Waals surface area contributed by atoms with Crippen LogP contribution in [0.2, 0.25) is 0 Å². The molecule has 178 valence electrons. The molecule has 1 unspecified atom stereocenters. The molecule has 0 amide bonds. The summed E-state index contributed by atoms with van der Waals surface area (Å²) >= 11 is 0. The lowest BCUT2D eigenvalue weighted by Crippen LogP contribution is -2.25. The molecule has 4 aromatic rings. The summed E-state index contributed by atoms with van der Waals surface area (Å²) in [5.74, 6) is 0. The Labute approximate surface area is 210 Å². The van der Waals surface area contributed by atoms with Crippen molar-refractivity contribution in [1.82, 2.24) is 4.90 Å². The van der Waals surface area contributed by atoms with Crippen LogP contribution in [0.25, 0.3) is 5.57 Å². The summed E-state index contributed by atoms with van der Waals surface area (Å²) in [5, 5.41) is 10.8. The summed E-state index contributed by atoms with van der Waals surface area (Å²) in [7, 11) is 0. The van der Waals surface area contributed by atoms with Gasteiger partial charge in [0.05, 0.1) is 6.10 Å². The van der Waals surface area contributed by atoms with Crippen molar-refractivity contribution in [2.24, 2.45) is 0 Å². The highest BCUT2D eigenvalue weighted by Crippen LogP contribution is 2.21. The first-order valence-corrected chi connectivity index (χ1v) is 12.5. The van der Waals surface area contributed by atoms with Crippen LogP contribution >= 0.6 is 0 Å². The zero-order valence-corrected chi connectivity index (χ0v) is 20.3. The van der Waals surface area contributed by atoms with E-state index in [1.54, 1.807) is 0 Å². The molecule has 0 bridgehead atoms. The number of nitrogens with zero attached hydrogens (tertiary/aromatic N) is 1. The van der Waals surface area contributed by atoms with Crippen LogP contribution in [0, 0.1) is 0 Å². The van der Waals surface area contributed by atoms with Gasteiger partial charge in [-0.25, -0.2) is 0 Å². The molecule has 4 rings (SSSR count). The third kappa shape index (κ3) is 8.36. The molecule has 1 N–H and O–H groups in total. The van der Waals surface area contributed by atoms with E-state index in [0.29, 0.717) is 6.42 Å². The Kier molecular flexibility index (Phi) is 9.46. The van der Waals surface area contributed by atoms with Crippen LogP contribution in [0.15, 0.2) is 127 Å². The smallest absolute Gasteiger partial charge is 0.0578 e. The fourth-order valence-electron chi connectivity index (χ4n) is 4.39. The van der Waals surface area contributed by atoms with E-state index in [1.165, 1.54) is 27.8 Å². The molecule has 4 aromatic carbocycles. The average molecular weight is 462 g/mol. The van der Waals surface area contributed by atoms with Gasteiger partial charge in [-0.2, -0.15) is 0 Å². The lowest BCUT2D eigenvalue weighted by Gasteiger charge is -2.25. The number of hydrogen-bond donors (Lipinski definition) is 1. The number of aliphatic hydroxyl groups excluding tert-OH is 1. The van der Waals surface area contributed by atoms with Gasteiger partial charge < -0.3 is 5.11 Å². The van der Waals surface area contributed by atoms with Crippen LogP contribution in [0.1, 0.15) is 35.1 Å². The van der Waals surface area contributed by atoms with Gasteiger partial charge in [0.2, 0.25) is 0 Å². The van der Waals surface area contributed by atoms with Gasteiger partial charge in [-0.3, -0.25) is 4.90 Å². The molecule has 2 nitrogen and oxygen atoms in total. The van der Waals surface area contributed by atoms with Crippen molar-refractivity contribution in [1.29, 1.82) is 0 Å². The van der Waals surface area contributed by atoms with Gasteiger partial charge in [-0.1, -0.05) is 127 Å². The Morgan fingerprint density at radius 3 is 1.60 bits per heavy atom. The molecule has 35 heavy (non-hydrogen) atoms. The maximum atomic E-state index is 10.8. The Hall–Kier alpha value is -3.46. The quantitative estimate of drug-likeness (QED) is 0.242. The van der Waals surface area contributed by atoms with Crippen molar-refractivity contribution in [3.63, 3.8) is 0 Å². The molecule has 2 heteroatoms. The predicted octanol–water partition coefficient (Wildman–Crippen LogP) is 7.16. The molecule has 0 spiro atoms. The topological polar surface area (TPSA) is 23.5 Å². The zero-order chi connectivity index (χ0) is 24.1. The largest absolute Gasteiger partial charge is 0.393 e. The van der Waals surface area contributed by atoms with E-state index >= 15 is 0 Å². The van der Waals surface area contributed by atoms with E-state index in [9.17, 15) is 5.11 Å². The summed E-state index contributed by atoms with van der Waals surface area (Å²) in [6.07, 6.45) is 4.20. The molecule has 0 aliphatic carbocycles. The number of aliphatic hydroxyl groups is 1. The highest BCUT2D eigenvalue weighted by Gasteiger charge is 2.13. The summed E-state index contributed by atoms with van der Waals surface area (Å²) in [5.41, 5.74) is 6.36. The monoisotopic (exact) mass is 461 g/mol. The maximum absolute atomic E-state index is 10.8. The minimum Gasteiger partial charge on any atom is -0.393 e. The molecule has 0 aliphatic heterocycles. The van der Waals surface area contributed by atoms with Crippen LogP contribution in [-0.4, -0.2) is 22.7 Å². The van der Waals surface area contributed by atoms with Gasteiger partial charge in [0, 0.05) is 19.6 Å². The Morgan fingerprint density at radius 1 is 0.629 bits per heavy atom. The van der Waals surface area contributed by atoms with Gasteiger partial charge >= 0.3 is 0 Å². The number of hydrogen-bond acceptors (Lipinski definition) is 2.